The van der Waals surface area contributed by atoms with Crippen molar-refractivity contribution in [3.63, 3.8) is 0 Å². The maximum Gasteiger partial charge on any atom is 0.353 e. The van der Waals surface area contributed by atoms with Crippen LogP contribution in [0.3, 0.4) is 0 Å². The molecule has 0 aromatic carbocycles. The maximum atomic E-state index is 12.2. The quantitative estimate of drug-likeness (QED) is 0.434. The fraction of sp³-hybridized carbons (Fsp3) is 0.500. The number of aromatic nitrogens is 1. The van der Waals surface area contributed by atoms with Gasteiger partial charge in [-0.3, -0.25) is 4.79 Å². The number of nitrogens with one attached hydrogen (secondary N) is 1. The van der Waals surface area contributed by atoms with Gasteiger partial charge in [-0.15, -0.1) is 11.3 Å². The Kier molecular flexibility index (Phi) is 6.31. The maximum absolute atomic E-state index is 12.2. The van der Waals surface area contributed by atoms with Gasteiger partial charge in [0.2, 0.25) is 5.60 Å². The minimum Gasteiger partial charge on any atom is -0.457 e. The molecular weight excluding hydrogens is 344 g/mol. The SMILES string of the molecule is C=C(C)Nc1nc(/C(=N/OC(C)(C)C(=O)OC(C)(C)C)C(N)=O)cs1. The van der Waals surface area contributed by atoms with Gasteiger partial charge < -0.3 is 20.6 Å². The second-order valence-electron chi connectivity index (χ2n) is 6.85. The fourth-order valence-electron chi connectivity index (χ4n) is 1.44. The van der Waals surface area contributed by atoms with Crippen LogP contribution < -0.4 is 11.1 Å². The highest BCUT2D eigenvalue weighted by Gasteiger charge is 2.35. The standard InChI is InChI=1S/C16H24N4O4S/c1-9(2)18-14-19-10(8-25-14)11(12(17)21)20-24-16(6,7)13(22)23-15(3,4)5/h8H,1H2,2-7H3,(H2,17,21)(H,18,19)/b20-11-. The highest BCUT2D eigenvalue weighted by Crippen LogP contribution is 2.20. The number of nitrogens with zero attached hydrogens (tertiary/aromatic N) is 2. The monoisotopic (exact) mass is 368 g/mol. The number of rotatable bonds is 7. The molecule has 0 aliphatic carbocycles. The van der Waals surface area contributed by atoms with Gasteiger partial charge >= 0.3 is 5.97 Å². The lowest BCUT2D eigenvalue weighted by Crippen LogP contribution is -2.40. The molecule has 1 amide bonds. The third-order valence-corrected chi connectivity index (χ3v) is 3.31. The summed E-state index contributed by atoms with van der Waals surface area (Å²) in [6.45, 7) is 13.7. The number of nitrogens with two attached hydrogens (primary N) is 1. The predicted octanol–water partition coefficient (Wildman–Crippen LogP) is 2.41. The molecule has 0 saturated heterocycles. The molecule has 25 heavy (non-hydrogen) atoms. The minimum atomic E-state index is -1.40. The van der Waals surface area contributed by atoms with Gasteiger partial charge in [0, 0.05) is 11.1 Å². The number of ether oxygens (including phenoxy) is 1. The number of allylic oxidation sites excluding steroid dienone is 1. The summed E-state index contributed by atoms with van der Waals surface area (Å²) in [5.41, 5.74) is 4.01. The van der Waals surface area contributed by atoms with Crippen molar-refractivity contribution < 1.29 is 19.2 Å². The van der Waals surface area contributed by atoms with Crippen molar-refractivity contribution in [1.82, 2.24) is 4.98 Å². The average Bonchev–Trinajstić information content (AvgIpc) is 2.83. The Labute approximate surface area is 151 Å². The van der Waals surface area contributed by atoms with Gasteiger partial charge in [-0.25, -0.2) is 9.78 Å². The van der Waals surface area contributed by atoms with Crippen molar-refractivity contribution in [3.05, 3.63) is 23.3 Å². The molecule has 0 radical (unpaired) electrons. The molecule has 0 aliphatic heterocycles. The molecule has 9 heteroatoms. The van der Waals surface area contributed by atoms with Crippen molar-refractivity contribution in [2.45, 2.75) is 52.7 Å². The van der Waals surface area contributed by atoms with E-state index in [4.69, 9.17) is 15.3 Å². The summed E-state index contributed by atoms with van der Waals surface area (Å²) in [6.07, 6.45) is 0. The summed E-state index contributed by atoms with van der Waals surface area (Å²) in [4.78, 5) is 33.3. The highest BCUT2D eigenvalue weighted by molar-refractivity contribution is 7.14. The van der Waals surface area contributed by atoms with E-state index in [1.54, 1.807) is 33.1 Å². The second kappa shape index (κ2) is 7.64. The van der Waals surface area contributed by atoms with Gasteiger partial charge in [-0.1, -0.05) is 11.7 Å². The summed E-state index contributed by atoms with van der Waals surface area (Å²) >= 11 is 1.25. The number of amides is 1. The first-order chi connectivity index (χ1) is 11.3. The first-order valence-electron chi connectivity index (χ1n) is 7.49. The predicted molar refractivity (Wildman–Crippen MR) is 97.3 cm³/mol. The van der Waals surface area contributed by atoms with Crippen LogP contribution in [-0.2, 0) is 19.2 Å². The molecule has 3 N–H and O–H groups in total. The molecule has 0 spiro atoms. The zero-order chi connectivity index (χ0) is 19.4. The lowest BCUT2D eigenvalue weighted by molar-refractivity contribution is -0.179. The van der Waals surface area contributed by atoms with Gasteiger partial charge in [-0.05, 0) is 41.5 Å². The van der Waals surface area contributed by atoms with E-state index >= 15 is 0 Å². The van der Waals surface area contributed by atoms with Gasteiger partial charge in [0.15, 0.2) is 10.8 Å². The molecule has 8 nitrogen and oxygen atoms in total. The normalized spacial score (nSPS) is 12.5. The van der Waals surface area contributed by atoms with E-state index in [1.807, 2.05) is 0 Å². The number of carbonyl (C=O) groups is 2. The molecule has 138 valence electrons. The number of carbonyl (C=O) groups excluding carboxylic acids is 2. The van der Waals surface area contributed by atoms with Crippen LogP contribution in [0.2, 0.25) is 0 Å². The number of oxime groups is 1. The molecule has 0 saturated carbocycles. The number of esters is 1. The Hall–Kier alpha value is -2.42. The summed E-state index contributed by atoms with van der Waals surface area (Å²) in [5.74, 6) is -1.44. The second-order valence-corrected chi connectivity index (χ2v) is 7.71. The van der Waals surface area contributed by atoms with E-state index in [1.165, 1.54) is 25.2 Å². The van der Waals surface area contributed by atoms with Crippen LogP contribution in [-0.4, -0.2) is 33.8 Å². The van der Waals surface area contributed by atoms with Crippen LogP contribution >= 0.6 is 11.3 Å². The largest absolute Gasteiger partial charge is 0.457 e. The van der Waals surface area contributed by atoms with E-state index < -0.39 is 23.1 Å². The van der Waals surface area contributed by atoms with Crippen LogP contribution in [0.15, 0.2) is 22.8 Å². The number of thiazole rings is 1. The van der Waals surface area contributed by atoms with Gasteiger partial charge in [-0.2, -0.15) is 0 Å². The topological polar surface area (TPSA) is 116 Å². The van der Waals surface area contributed by atoms with Gasteiger partial charge in [0.05, 0.1) is 0 Å². The van der Waals surface area contributed by atoms with Gasteiger partial charge in [0.25, 0.3) is 5.91 Å². The molecule has 1 rings (SSSR count). The number of primary amides is 1. The molecule has 0 bridgehead atoms. The Morgan fingerprint density at radius 3 is 2.40 bits per heavy atom. The molecule has 0 unspecified atom stereocenters. The van der Waals surface area contributed by atoms with Gasteiger partial charge in [0.1, 0.15) is 11.3 Å². The van der Waals surface area contributed by atoms with Crippen LogP contribution in [0.4, 0.5) is 5.13 Å². The molecule has 0 atom stereocenters. The van der Waals surface area contributed by atoms with Crippen LogP contribution in [0.5, 0.6) is 0 Å². The first kappa shape index (κ1) is 20.6. The zero-order valence-electron chi connectivity index (χ0n) is 15.3. The Morgan fingerprint density at radius 2 is 1.92 bits per heavy atom. The molecule has 1 aromatic heterocycles. The molecule has 1 heterocycles. The van der Waals surface area contributed by atoms with Crippen LogP contribution in [0.25, 0.3) is 0 Å². The Balaban J connectivity index is 2.99. The van der Waals surface area contributed by atoms with Crippen molar-refractivity contribution in [2.24, 2.45) is 10.9 Å². The minimum absolute atomic E-state index is 0.192. The Morgan fingerprint density at radius 1 is 1.32 bits per heavy atom. The van der Waals surface area contributed by atoms with Crippen LogP contribution in [0.1, 0.15) is 47.2 Å². The van der Waals surface area contributed by atoms with Crippen LogP contribution in [0, 0.1) is 0 Å². The van der Waals surface area contributed by atoms with E-state index in [0.717, 1.165) is 0 Å². The zero-order valence-corrected chi connectivity index (χ0v) is 16.1. The first-order valence-corrected chi connectivity index (χ1v) is 8.37. The highest BCUT2D eigenvalue weighted by atomic mass is 32.1. The van der Waals surface area contributed by atoms with E-state index in [9.17, 15) is 9.59 Å². The number of hydrogen-bond acceptors (Lipinski definition) is 8. The smallest absolute Gasteiger partial charge is 0.353 e. The fourth-order valence-corrected chi connectivity index (χ4v) is 2.21. The summed E-state index contributed by atoms with van der Waals surface area (Å²) in [6, 6.07) is 0. The Bertz CT molecular complexity index is 701. The van der Waals surface area contributed by atoms with Crippen molar-refractivity contribution in [2.75, 3.05) is 5.32 Å². The van der Waals surface area contributed by atoms with E-state index in [0.29, 0.717) is 10.8 Å². The number of anilines is 1. The summed E-state index contributed by atoms with van der Waals surface area (Å²) in [5, 5.41) is 8.80. The van der Waals surface area contributed by atoms with E-state index in [2.05, 4.69) is 22.0 Å². The third kappa shape index (κ3) is 6.54. The molecular formula is C16H24N4O4S. The lowest BCUT2D eigenvalue weighted by Gasteiger charge is -2.26. The lowest BCUT2D eigenvalue weighted by atomic mass is 10.1. The molecule has 0 aliphatic rings. The summed E-state index contributed by atoms with van der Waals surface area (Å²) in [7, 11) is 0. The molecule has 1 aromatic rings. The number of hydrogen-bond donors (Lipinski definition) is 2. The van der Waals surface area contributed by atoms with Crippen molar-refractivity contribution >= 4 is 34.1 Å². The molecule has 0 fully saturated rings. The third-order valence-electron chi connectivity index (χ3n) is 2.56. The van der Waals surface area contributed by atoms with Crippen molar-refractivity contribution in [1.29, 1.82) is 0 Å². The summed E-state index contributed by atoms with van der Waals surface area (Å²) < 4.78 is 5.27. The van der Waals surface area contributed by atoms with E-state index in [-0.39, 0.29) is 11.4 Å². The average molecular weight is 368 g/mol. The van der Waals surface area contributed by atoms with Crippen molar-refractivity contribution in [3.8, 4) is 0 Å².